The number of rotatable bonds is 1. The van der Waals surface area contributed by atoms with Gasteiger partial charge in [0.15, 0.2) is 17.4 Å². The molecule has 3 aromatic rings. The summed E-state index contributed by atoms with van der Waals surface area (Å²) in [6.45, 7) is 7.34. The number of Topliss-reactive ketones (excluding diaryl/α,β-unsaturated/α-hetero) is 1. The zero-order valence-corrected chi connectivity index (χ0v) is 16.6. The van der Waals surface area contributed by atoms with Crippen molar-refractivity contribution in [2.45, 2.75) is 27.7 Å². The van der Waals surface area contributed by atoms with E-state index in [1.165, 1.54) is 11.6 Å². The molecular weight excluding hydrogens is 366 g/mol. The molecule has 0 aromatic heterocycles. The van der Waals surface area contributed by atoms with Crippen molar-refractivity contribution in [1.29, 1.82) is 0 Å². The van der Waals surface area contributed by atoms with Crippen molar-refractivity contribution < 1.29 is 13.6 Å². The quantitative estimate of drug-likeness (QED) is 0.405. The van der Waals surface area contributed by atoms with Crippen molar-refractivity contribution in [3.8, 4) is 0 Å². The molecule has 0 saturated carbocycles. The standard InChI is InChI=1S/C8H9Cl.C8H8O.C7H6F2/c1-6-3-4-8(9)7(2)5-6;1-7(9)8-5-3-2-4-6-8;1-5-2-3-6(8)7(9)4-5/h3-5H,1-2H3;2-6H,1H3;2-4H,1H3. The molecule has 142 valence electrons. The molecule has 0 bridgehead atoms. The van der Waals surface area contributed by atoms with Gasteiger partial charge in [-0.3, -0.25) is 4.79 Å². The number of hydrogen-bond donors (Lipinski definition) is 0. The Hall–Kier alpha value is -2.52. The molecule has 0 aliphatic rings. The number of halogens is 3. The molecule has 0 spiro atoms. The van der Waals surface area contributed by atoms with E-state index in [1.807, 2.05) is 49.4 Å². The van der Waals surface area contributed by atoms with Crippen LogP contribution in [0.1, 0.15) is 34.0 Å². The molecule has 0 heterocycles. The van der Waals surface area contributed by atoms with E-state index in [4.69, 9.17) is 11.6 Å². The fourth-order valence-corrected chi connectivity index (χ4v) is 2.19. The van der Waals surface area contributed by atoms with Gasteiger partial charge < -0.3 is 0 Å². The second-order valence-corrected chi connectivity index (χ2v) is 6.50. The molecule has 4 heteroatoms. The largest absolute Gasteiger partial charge is 0.295 e. The number of ketones is 1. The number of carbonyl (C=O) groups excluding carboxylic acids is 1. The summed E-state index contributed by atoms with van der Waals surface area (Å²) in [5.41, 5.74) is 3.92. The van der Waals surface area contributed by atoms with Crippen LogP contribution in [0.15, 0.2) is 66.7 Å². The highest BCUT2D eigenvalue weighted by Crippen LogP contribution is 2.15. The molecule has 27 heavy (non-hydrogen) atoms. The van der Waals surface area contributed by atoms with Gasteiger partial charge in [0.05, 0.1) is 0 Å². The lowest BCUT2D eigenvalue weighted by atomic mass is 10.2. The van der Waals surface area contributed by atoms with Crippen LogP contribution in [0.2, 0.25) is 5.02 Å². The van der Waals surface area contributed by atoms with Crippen LogP contribution in [0.3, 0.4) is 0 Å². The predicted molar refractivity (Wildman–Crippen MR) is 108 cm³/mol. The van der Waals surface area contributed by atoms with E-state index in [0.717, 1.165) is 33.8 Å². The van der Waals surface area contributed by atoms with Crippen molar-refractivity contribution in [2.24, 2.45) is 0 Å². The van der Waals surface area contributed by atoms with Gasteiger partial charge in [0.1, 0.15) is 0 Å². The molecular formula is C23H23ClF2O. The summed E-state index contributed by atoms with van der Waals surface area (Å²) in [4.78, 5) is 10.6. The Labute approximate surface area is 164 Å². The molecule has 0 atom stereocenters. The molecule has 0 aliphatic carbocycles. The summed E-state index contributed by atoms with van der Waals surface area (Å²) < 4.78 is 24.3. The minimum atomic E-state index is -0.791. The van der Waals surface area contributed by atoms with Crippen LogP contribution in [-0.4, -0.2) is 5.78 Å². The molecule has 0 N–H and O–H groups in total. The highest BCUT2D eigenvalue weighted by Gasteiger charge is 1.97. The molecule has 3 aromatic carbocycles. The number of aryl methyl sites for hydroxylation is 3. The Balaban J connectivity index is 0.000000202. The lowest BCUT2D eigenvalue weighted by Gasteiger charge is -1.96. The molecule has 1 nitrogen and oxygen atoms in total. The maximum Gasteiger partial charge on any atom is 0.159 e. The summed E-state index contributed by atoms with van der Waals surface area (Å²) in [6.07, 6.45) is 0. The van der Waals surface area contributed by atoms with Gasteiger partial charge in [0.25, 0.3) is 0 Å². The summed E-state index contributed by atoms with van der Waals surface area (Å²) in [5, 5.41) is 0.848. The normalized spacial score (nSPS) is 9.44. The van der Waals surface area contributed by atoms with E-state index < -0.39 is 11.6 Å². The molecule has 0 fully saturated rings. The second kappa shape index (κ2) is 11.2. The zero-order chi connectivity index (χ0) is 20.4. The molecule has 0 unspecified atom stereocenters. The zero-order valence-electron chi connectivity index (χ0n) is 15.9. The highest BCUT2D eigenvalue weighted by molar-refractivity contribution is 6.31. The number of carbonyl (C=O) groups is 1. The van der Waals surface area contributed by atoms with Crippen LogP contribution in [0.4, 0.5) is 8.78 Å². The summed E-state index contributed by atoms with van der Waals surface area (Å²) >= 11 is 5.78. The predicted octanol–water partition coefficient (Wildman–Crippen LogP) is 7.12. The van der Waals surface area contributed by atoms with E-state index in [9.17, 15) is 13.6 Å². The average molecular weight is 389 g/mol. The molecule has 0 saturated heterocycles. The van der Waals surface area contributed by atoms with Crippen LogP contribution < -0.4 is 0 Å². The van der Waals surface area contributed by atoms with Crippen LogP contribution >= 0.6 is 11.6 Å². The van der Waals surface area contributed by atoms with Crippen LogP contribution in [-0.2, 0) is 0 Å². The van der Waals surface area contributed by atoms with Crippen molar-refractivity contribution in [2.75, 3.05) is 0 Å². The van der Waals surface area contributed by atoms with Gasteiger partial charge in [-0.2, -0.15) is 0 Å². The van der Waals surface area contributed by atoms with Crippen LogP contribution in [0.25, 0.3) is 0 Å². The summed E-state index contributed by atoms with van der Waals surface area (Å²) in [5.74, 6) is -1.45. The van der Waals surface area contributed by atoms with Gasteiger partial charge >= 0.3 is 0 Å². The number of hydrogen-bond acceptors (Lipinski definition) is 1. The Morgan fingerprint density at radius 1 is 0.778 bits per heavy atom. The molecule has 0 amide bonds. The van der Waals surface area contributed by atoms with Gasteiger partial charge in [0.2, 0.25) is 0 Å². The Morgan fingerprint density at radius 2 is 1.33 bits per heavy atom. The van der Waals surface area contributed by atoms with Gasteiger partial charge in [-0.25, -0.2) is 8.78 Å². The van der Waals surface area contributed by atoms with E-state index >= 15 is 0 Å². The maximum absolute atomic E-state index is 12.2. The lowest BCUT2D eigenvalue weighted by molar-refractivity contribution is 0.101. The third-order valence-corrected chi connectivity index (χ3v) is 3.99. The lowest BCUT2D eigenvalue weighted by Crippen LogP contribution is -1.88. The summed E-state index contributed by atoms with van der Waals surface area (Å²) in [7, 11) is 0. The average Bonchev–Trinajstić information content (AvgIpc) is 2.64. The monoisotopic (exact) mass is 388 g/mol. The first kappa shape index (κ1) is 22.5. The van der Waals surface area contributed by atoms with Crippen molar-refractivity contribution in [1.82, 2.24) is 0 Å². The van der Waals surface area contributed by atoms with E-state index in [1.54, 1.807) is 13.8 Å². The van der Waals surface area contributed by atoms with Gasteiger partial charge in [-0.15, -0.1) is 0 Å². The van der Waals surface area contributed by atoms with Crippen LogP contribution in [0.5, 0.6) is 0 Å². The summed E-state index contributed by atoms with van der Waals surface area (Å²) in [6, 6.07) is 19.0. The molecule has 0 radical (unpaired) electrons. The van der Waals surface area contributed by atoms with Gasteiger partial charge in [-0.1, -0.05) is 65.7 Å². The second-order valence-electron chi connectivity index (χ2n) is 6.09. The molecule has 0 aliphatic heterocycles. The molecule has 3 rings (SSSR count). The van der Waals surface area contributed by atoms with Crippen molar-refractivity contribution in [3.63, 3.8) is 0 Å². The van der Waals surface area contributed by atoms with Crippen molar-refractivity contribution in [3.05, 3.63) is 106 Å². The fraction of sp³-hybridized carbons (Fsp3) is 0.174. The smallest absolute Gasteiger partial charge is 0.159 e. The number of benzene rings is 3. The van der Waals surface area contributed by atoms with E-state index in [0.29, 0.717) is 0 Å². The van der Waals surface area contributed by atoms with E-state index in [2.05, 4.69) is 13.0 Å². The maximum atomic E-state index is 12.2. The van der Waals surface area contributed by atoms with Gasteiger partial charge in [-0.05, 0) is 57.0 Å². The third-order valence-electron chi connectivity index (χ3n) is 3.57. The minimum absolute atomic E-state index is 0.121. The topological polar surface area (TPSA) is 17.1 Å². The van der Waals surface area contributed by atoms with E-state index in [-0.39, 0.29) is 5.78 Å². The van der Waals surface area contributed by atoms with Gasteiger partial charge in [0, 0.05) is 10.6 Å². The first-order chi connectivity index (χ1) is 12.7. The Bertz CT molecular complexity index is 827. The first-order valence-corrected chi connectivity index (χ1v) is 8.79. The van der Waals surface area contributed by atoms with Crippen LogP contribution in [0, 0.1) is 32.4 Å². The fourth-order valence-electron chi connectivity index (χ4n) is 2.07. The highest BCUT2D eigenvalue weighted by atomic mass is 35.5. The Morgan fingerprint density at radius 3 is 1.74 bits per heavy atom. The SMILES string of the molecule is CC(=O)c1ccccc1.Cc1ccc(Cl)c(C)c1.Cc1ccc(F)c(F)c1. The Kier molecular flexibility index (Phi) is 9.38. The van der Waals surface area contributed by atoms with Crippen molar-refractivity contribution >= 4 is 17.4 Å². The first-order valence-electron chi connectivity index (χ1n) is 8.41. The third kappa shape index (κ3) is 8.61. The minimum Gasteiger partial charge on any atom is -0.295 e.